The summed E-state index contributed by atoms with van der Waals surface area (Å²) >= 11 is 0. The fraction of sp³-hybridized carbons (Fsp3) is 0.444. The Bertz CT molecular complexity index is 697. The molecule has 5 heteroatoms. The van der Waals surface area contributed by atoms with Crippen molar-refractivity contribution in [2.24, 2.45) is 11.8 Å². The van der Waals surface area contributed by atoms with Crippen LogP contribution in [-0.4, -0.2) is 31.1 Å². The number of nitrogens with zero attached hydrogens (tertiary/aromatic N) is 1. The highest BCUT2D eigenvalue weighted by Crippen LogP contribution is 2.41. The van der Waals surface area contributed by atoms with Gasteiger partial charge >= 0.3 is 5.71 Å². The molecule has 2 aliphatic heterocycles. The molecule has 5 N–H and O–H groups in total. The van der Waals surface area contributed by atoms with E-state index < -0.39 is 0 Å². The summed E-state index contributed by atoms with van der Waals surface area (Å²) in [6.45, 7) is 2.01. The third-order valence-electron chi connectivity index (χ3n) is 4.83. The molecule has 2 atom stereocenters. The summed E-state index contributed by atoms with van der Waals surface area (Å²) in [6, 6.07) is 0.425. The van der Waals surface area contributed by atoms with E-state index in [1.807, 2.05) is 6.21 Å². The van der Waals surface area contributed by atoms with Crippen molar-refractivity contribution in [3.63, 3.8) is 0 Å². The van der Waals surface area contributed by atoms with Gasteiger partial charge < -0.3 is 16.4 Å². The highest BCUT2D eigenvalue weighted by atomic mass is 19.1. The zero-order valence-corrected chi connectivity index (χ0v) is 13.2. The molecule has 4 aliphatic rings. The molecule has 4 nitrogen and oxygen atoms in total. The monoisotopic (exact) mass is 314 g/mol. The Kier molecular flexibility index (Phi) is 3.77. The fourth-order valence-corrected chi connectivity index (χ4v) is 3.35. The first-order valence-corrected chi connectivity index (χ1v) is 8.44. The molecule has 0 amide bonds. The molecular weight excluding hydrogens is 291 g/mol. The van der Waals surface area contributed by atoms with E-state index in [2.05, 4.69) is 33.2 Å². The van der Waals surface area contributed by atoms with Crippen molar-refractivity contribution in [3.8, 4) is 0 Å². The molecule has 1 saturated heterocycles. The molecule has 120 valence electrons. The van der Waals surface area contributed by atoms with Gasteiger partial charge in [-0.25, -0.2) is 4.39 Å². The number of halogens is 1. The highest BCUT2D eigenvalue weighted by molar-refractivity contribution is 6.17. The quantitative estimate of drug-likeness (QED) is 0.507. The minimum Gasteiger partial charge on any atom is -0.375 e. The number of fused-ring (bicyclic) bond motifs is 1. The molecule has 0 bridgehead atoms. The van der Waals surface area contributed by atoms with Crippen LogP contribution in [0.3, 0.4) is 0 Å². The van der Waals surface area contributed by atoms with Crippen LogP contribution >= 0.6 is 0 Å². The molecule has 2 fully saturated rings. The van der Waals surface area contributed by atoms with Crippen LogP contribution in [0.2, 0.25) is 0 Å². The second-order valence-electron chi connectivity index (χ2n) is 6.64. The summed E-state index contributed by atoms with van der Waals surface area (Å²) in [5.41, 5.74) is 7.50. The minimum atomic E-state index is 0.00833. The molecule has 0 aromatic heterocycles. The summed E-state index contributed by atoms with van der Waals surface area (Å²) < 4.78 is 19.1. The lowest BCUT2D eigenvalue weighted by Gasteiger charge is -2.20. The van der Waals surface area contributed by atoms with Crippen molar-refractivity contribution in [2.45, 2.75) is 25.3 Å². The number of allylic oxidation sites excluding steroid dienone is 7. The average Bonchev–Trinajstić information content (AvgIpc) is 3.24. The van der Waals surface area contributed by atoms with Gasteiger partial charge in [0.2, 0.25) is 0 Å². The van der Waals surface area contributed by atoms with Gasteiger partial charge in [-0.3, -0.25) is 0 Å². The zero-order chi connectivity index (χ0) is 15.8. The lowest BCUT2D eigenvalue weighted by molar-refractivity contribution is -0.274. The summed E-state index contributed by atoms with van der Waals surface area (Å²) in [4.78, 5) is 0. The van der Waals surface area contributed by atoms with Crippen LogP contribution in [0, 0.1) is 11.8 Å². The van der Waals surface area contributed by atoms with Crippen molar-refractivity contribution in [3.05, 3.63) is 47.1 Å². The normalized spacial score (nSPS) is 30.3. The van der Waals surface area contributed by atoms with Crippen LogP contribution in [0.5, 0.6) is 0 Å². The predicted octanol–water partition coefficient (Wildman–Crippen LogP) is 0.360. The molecular formula is C18H23FN4+2. The molecule has 0 aromatic rings. The molecule has 0 radical (unpaired) electrons. The van der Waals surface area contributed by atoms with Crippen LogP contribution in [0.25, 0.3) is 0 Å². The van der Waals surface area contributed by atoms with E-state index in [1.165, 1.54) is 0 Å². The second-order valence-corrected chi connectivity index (χ2v) is 6.64. The molecule has 4 rings (SSSR count). The minimum absolute atomic E-state index is 0.00833. The van der Waals surface area contributed by atoms with E-state index >= 15 is 0 Å². The Morgan fingerprint density at radius 2 is 2.26 bits per heavy atom. The van der Waals surface area contributed by atoms with E-state index in [1.54, 1.807) is 12.3 Å². The van der Waals surface area contributed by atoms with Gasteiger partial charge in [0, 0.05) is 30.2 Å². The van der Waals surface area contributed by atoms with Crippen LogP contribution in [0.15, 0.2) is 47.1 Å². The van der Waals surface area contributed by atoms with E-state index in [0.29, 0.717) is 11.6 Å². The van der Waals surface area contributed by atoms with Crippen molar-refractivity contribution >= 4 is 11.9 Å². The first-order chi connectivity index (χ1) is 11.3. The first kappa shape index (κ1) is 14.6. The van der Waals surface area contributed by atoms with E-state index in [0.717, 1.165) is 49.3 Å². The van der Waals surface area contributed by atoms with Crippen LogP contribution < -0.4 is 21.0 Å². The lowest BCUT2D eigenvalue weighted by Crippen LogP contribution is -2.41. The Morgan fingerprint density at radius 1 is 1.39 bits per heavy atom. The molecule has 2 unspecified atom stereocenters. The van der Waals surface area contributed by atoms with Crippen molar-refractivity contribution in [1.29, 1.82) is 0 Å². The SMILES string of the molecule is [NH3+]C=CC(C1=CC2C=[N+]=C2C(NC2CCNC2)=C1)=C(F)C1CC1. The largest absolute Gasteiger partial charge is 0.375 e. The Morgan fingerprint density at radius 3 is 2.87 bits per heavy atom. The lowest BCUT2D eigenvalue weighted by atomic mass is 9.86. The van der Waals surface area contributed by atoms with Gasteiger partial charge in [-0.15, -0.1) is 0 Å². The van der Waals surface area contributed by atoms with Crippen LogP contribution in [-0.2, 0) is 0 Å². The Labute approximate surface area is 135 Å². The van der Waals surface area contributed by atoms with Crippen molar-refractivity contribution in [2.75, 3.05) is 13.1 Å². The van der Waals surface area contributed by atoms with E-state index in [9.17, 15) is 4.39 Å². The van der Waals surface area contributed by atoms with Crippen molar-refractivity contribution < 1.29 is 10.1 Å². The second kappa shape index (κ2) is 5.93. The van der Waals surface area contributed by atoms with Gasteiger partial charge in [0.1, 0.15) is 11.5 Å². The molecule has 23 heavy (non-hydrogen) atoms. The van der Waals surface area contributed by atoms with Crippen molar-refractivity contribution in [1.82, 2.24) is 15.3 Å². The molecule has 2 heterocycles. The van der Waals surface area contributed by atoms with Gasteiger partial charge in [0.05, 0.1) is 6.20 Å². The number of hydrogen-bond acceptors (Lipinski definition) is 2. The van der Waals surface area contributed by atoms with Gasteiger partial charge in [-0.05, 0) is 37.5 Å². The fourth-order valence-electron chi connectivity index (χ4n) is 3.35. The average molecular weight is 314 g/mol. The standard InChI is InChI=1S/C18H22FN4/c19-17(11-1-2-11)15(3-5-20)12-7-13-9-22-18(13)16(8-12)23-14-4-6-21-10-14/h3,5,7-9,11,13-14,21,23H,1-2,4,6,10,20H2/q+1/p+1. The smallest absolute Gasteiger partial charge is 0.344 e. The molecule has 1 saturated carbocycles. The van der Waals surface area contributed by atoms with Crippen LogP contribution in [0.4, 0.5) is 4.39 Å². The summed E-state index contributed by atoms with van der Waals surface area (Å²) in [5.74, 6) is 0.312. The number of hydrogen-bond donors (Lipinski definition) is 3. The first-order valence-electron chi connectivity index (χ1n) is 8.44. The third-order valence-corrected chi connectivity index (χ3v) is 4.83. The van der Waals surface area contributed by atoms with Crippen LogP contribution in [0.1, 0.15) is 19.3 Å². The van der Waals surface area contributed by atoms with Gasteiger partial charge in [-0.2, -0.15) is 0 Å². The maximum atomic E-state index is 14.7. The van der Waals surface area contributed by atoms with E-state index in [4.69, 9.17) is 0 Å². The highest BCUT2D eigenvalue weighted by Gasteiger charge is 2.40. The zero-order valence-electron chi connectivity index (χ0n) is 13.2. The number of quaternary nitrogens is 1. The molecule has 2 aliphatic carbocycles. The predicted molar refractivity (Wildman–Crippen MR) is 90.2 cm³/mol. The van der Waals surface area contributed by atoms with Gasteiger partial charge in [0.15, 0.2) is 5.92 Å². The summed E-state index contributed by atoms with van der Waals surface area (Å²) in [6.07, 6.45) is 12.6. The van der Waals surface area contributed by atoms with Gasteiger partial charge in [0.25, 0.3) is 6.21 Å². The number of rotatable bonds is 5. The Balaban J connectivity index is 1.65. The third kappa shape index (κ3) is 2.83. The summed E-state index contributed by atoms with van der Waals surface area (Å²) in [5, 5.41) is 6.94. The van der Waals surface area contributed by atoms with E-state index in [-0.39, 0.29) is 17.7 Å². The topological polar surface area (TPSA) is 65.8 Å². The van der Waals surface area contributed by atoms with Gasteiger partial charge in [-0.1, -0.05) is 10.7 Å². The summed E-state index contributed by atoms with van der Waals surface area (Å²) in [7, 11) is 0. The Hall–Kier alpha value is -1.94. The number of nitrogens with one attached hydrogen (secondary N) is 2. The molecule has 0 spiro atoms. The molecule has 0 aromatic carbocycles. The maximum absolute atomic E-state index is 14.7. The maximum Gasteiger partial charge on any atom is 0.344 e.